The van der Waals surface area contributed by atoms with E-state index in [1.807, 2.05) is 0 Å². The number of benzene rings is 1. The van der Waals surface area contributed by atoms with Crippen LogP contribution in [0, 0.1) is 6.92 Å². The van der Waals surface area contributed by atoms with Crippen molar-refractivity contribution in [2.24, 2.45) is 5.73 Å². The fourth-order valence-electron chi connectivity index (χ4n) is 1.41. The van der Waals surface area contributed by atoms with Crippen LogP contribution in [0.25, 0.3) is 0 Å². The molecule has 0 saturated carbocycles. The Hall–Kier alpha value is -1.40. The number of alkyl halides is 2. The smallest absolute Gasteiger partial charge is 0.387 e. The molecule has 0 heterocycles. The Morgan fingerprint density at radius 3 is 2.63 bits per heavy atom. The maximum Gasteiger partial charge on any atom is 0.387 e. The van der Waals surface area contributed by atoms with Gasteiger partial charge in [-0.3, -0.25) is 4.79 Å². The van der Waals surface area contributed by atoms with E-state index >= 15 is 0 Å². The monoisotopic (exact) mass is 294 g/mol. The molecule has 0 spiro atoms. The van der Waals surface area contributed by atoms with E-state index in [1.54, 1.807) is 26.0 Å². The zero-order chi connectivity index (χ0) is 13.7. The molecule has 4 nitrogen and oxygen atoms in total. The quantitative estimate of drug-likeness (QED) is 0.877. The number of anilines is 1. The lowest BCUT2D eigenvalue weighted by atomic mass is 10.2. The van der Waals surface area contributed by atoms with Gasteiger partial charge in [0.25, 0.3) is 0 Å². The first-order valence-corrected chi connectivity index (χ1v) is 5.49. The number of hydrogen-bond donors (Lipinski definition) is 2. The van der Waals surface area contributed by atoms with Gasteiger partial charge in [0, 0.05) is 24.2 Å². The van der Waals surface area contributed by atoms with E-state index in [1.165, 1.54) is 6.07 Å². The number of halogens is 3. The summed E-state index contributed by atoms with van der Waals surface area (Å²) in [6.45, 7) is 0.462. The number of amides is 1. The summed E-state index contributed by atoms with van der Waals surface area (Å²) in [4.78, 5) is 11.5. The Morgan fingerprint density at radius 1 is 1.47 bits per heavy atom. The van der Waals surface area contributed by atoms with E-state index in [-0.39, 0.29) is 36.5 Å². The van der Waals surface area contributed by atoms with E-state index in [2.05, 4.69) is 10.1 Å². The van der Waals surface area contributed by atoms with Crippen LogP contribution in [0.5, 0.6) is 5.75 Å². The van der Waals surface area contributed by atoms with Gasteiger partial charge in [0.05, 0.1) is 0 Å². The number of hydrogen-bond acceptors (Lipinski definition) is 3. The van der Waals surface area contributed by atoms with Crippen molar-refractivity contribution in [3.8, 4) is 5.75 Å². The molecule has 1 rings (SSSR count). The van der Waals surface area contributed by atoms with Crippen LogP contribution in [0.2, 0.25) is 0 Å². The minimum absolute atomic E-state index is 0. The van der Waals surface area contributed by atoms with E-state index in [0.717, 1.165) is 0 Å². The van der Waals surface area contributed by atoms with Gasteiger partial charge in [0.15, 0.2) is 0 Å². The highest BCUT2D eigenvalue weighted by Crippen LogP contribution is 2.24. The van der Waals surface area contributed by atoms with E-state index in [0.29, 0.717) is 11.3 Å². The van der Waals surface area contributed by atoms with Gasteiger partial charge in [-0.25, -0.2) is 0 Å². The number of nitrogens with one attached hydrogen (secondary N) is 1. The van der Waals surface area contributed by atoms with Crippen molar-refractivity contribution in [3.05, 3.63) is 23.8 Å². The van der Waals surface area contributed by atoms with Crippen LogP contribution in [0.4, 0.5) is 14.5 Å². The van der Waals surface area contributed by atoms with Crippen LogP contribution in [0.3, 0.4) is 0 Å². The zero-order valence-electron chi connectivity index (χ0n) is 10.7. The SMILES string of the molecule is Cc1ccc(NC(=O)CC(C)N)cc1OC(F)F.Cl. The van der Waals surface area contributed by atoms with Crippen molar-refractivity contribution in [1.29, 1.82) is 0 Å². The van der Waals surface area contributed by atoms with Gasteiger partial charge in [0.2, 0.25) is 5.91 Å². The Balaban J connectivity index is 0.00000324. The second kappa shape index (κ2) is 7.91. The summed E-state index contributed by atoms with van der Waals surface area (Å²) in [5.41, 5.74) is 6.46. The average molecular weight is 295 g/mol. The molecule has 1 atom stereocenters. The Labute approximate surface area is 116 Å². The fourth-order valence-corrected chi connectivity index (χ4v) is 1.41. The van der Waals surface area contributed by atoms with Crippen molar-refractivity contribution < 1.29 is 18.3 Å². The highest BCUT2D eigenvalue weighted by molar-refractivity contribution is 5.91. The third kappa shape index (κ3) is 6.35. The second-order valence-corrected chi connectivity index (χ2v) is 4.09. The molecule has 0 bridgehead atoms. The third-order valence-corrected chi connectivity index (χ3v) is 2.20. The van der Waals surface area contributed by atoms with Gasteiger partial charge in [-0.2, -0.15) is 8.78 Å². The van der Waals surface area contributed by atoms with Crippen LogP contribution in [0.15, 0.2) is 18.2 Å². The van der Waals surface area contributed by atoms with E-state index in [9.17, 15) is 13.6 Å². The molecule has 7 heteroatoms. The number of rotatable bonds is 5. The molecule has 108 valence electrons. The molecular formula is C12H17ClF2N2O2. The molecule has 0 saturated heterocycles. The lowest BCUT2D eigenvalue weighted by Gasteiger charge is -2.11. The molecule has 0 aliphatic heterocycles. The van der Waals surface area contributed by atoms with Crippen molar-refractivity contribution >= 4 is 24.0 Å². The summed E-state index contributed by atoms with van der Waals surface area (Å²) in [6, 6.07) is 4.32. The first kappa shape index (κ1) is 17.6. The molecule has 0 fully saturated rings. The summed E-state index contributed by atoms with van der Waals surface area (Å²) in [5, 5.41) is 2.57. The summed E-state index contributed by atoms with van der Waals surface area (Å²) < 4.78 is 28.6. The maximum atomic E-state index is 12.1. The predicted molar refractivity (Wildman–Crippen MR) is 72.0 cm³/mol. The topological polar surface area (TPSA) is 64.4 Å². The molecule has 1 amide bonds. The Bertz CT molecular complexity index is 428. The lowest BCUT2D eigenvalue weighted by molar-refractivity contribution is -0.116. The minimum atomic E-state index is -2.89. The van der Waals surface area contributed by atoms with Gasteiger partial charge in [-0.1, -0.05) is 6.07 Å². The molecule has 1 aromatic carbocycles. The molecular weight excluding hydrogens is 278 g/mol. The third-order valence-electron chi connectivity index (χ3n) is 2.20. The largest absolute Gasteiger partial charge is 0.434 e. The highest BCUT2D eigenvalue weighted by Gasteiger charge is 2.10. The highest BCUT2D eigenvalue weighted by atomic mass is 35.5. The van der Waals surface area contributed by atoms with Gasteiger partial charge in [-0.15, -0.1) is 12.4 Å². The van der Waals surface area contributed by atoms with E-state index < -0.39 is 6.61 Å². The minimum Gasteiger partial charge on any atom is -0.434 e. The maximum absolute atomic E-state index is 12.1. The Morgan fingerprint density at radius 2 is 2.11 bits per heavy atom. The molecule has 0 aromatic heterocycles. The van der Waals surface area contributed by atoms with Gasteiger partial charge >= 0.3 is 6.61 Å². The predicted octanol–water partition coefficient (Wildman–Crippen LogP) is 2.69. The van der Waals surface area contributed by atoms with Crippen LogP contribution in [-0.2, 0) is 4.79 Å². The molecule has 19 heavy (non-hydrogen) atoms. The van der Waals surface area contributed by atoms with Crippen LogP contribution >= 0.6 is 12.4 Å². The number of carbonyl (C=O) groups excluding carboxylic acids is 1. The van der Waals surface area contributed by atoms with Crippen LogP contribution < -0.4 is 15.8 Å². The standard InChI is InChI=1S/C12H16F2N2O2.ClH/c1-7-3-4-9(6-10(7)18-12(13)14)16-11(17)5-8(2)15;/h3-4,6,8,12H,5,15H2,1-2H3,(H,16,17);1H. The first-order valence-electron chi connectivity index (χ1n) is 5.49. The first-order chi connectivity index (χ1) is 8.38. The molecule has 0 radical (unpaired) electrons. The summed E-state index contributed by atoms with van der Waals surface area (Å²) in [7, 11) is 0. The van der Waals surface area contributed by atoms with Crippen molar-refractivity contribution in [2.75, 3.05) is 5.32 Å². The van der Waals surface area contributed by atoms with Crippen LogP contribution in [-0.4, -0.2) is 18.6 Å². The molecule has 0 aliphatic rings. The number of carbonyl (C=O) groups is 1. The van der Waals surface area contributed by atoms with Gasteiger partial charge in [-0.05, 0) is 25.5 Å². The number of nitrogens with two attached hydrogens (primary N) is 1. The van der Waals surface area contributed by atoms with E-state index in [4.69, 9.17) is 5.73 Å². The van der Waals surface area contributed by atoms with Crippen molar-refractivity contribution in [1.82, 2.24) is 0 Å². The summed E-state index contributed by atoms with van der Waals surface area (Å²) in [5.74, 6) is -0.222. The van der Waals surface area contributed by atoms with Crippen LogP contribution in [0.1, 0.15) is 18.9 Å². The van der Waals surface area contributed by atoms with Crippen molar-refractivity contribution in [2.45, 2.75) is 32.9 Å². The zero-order valence-corrected chi connectivity index (χ0v) is 11.5. The molecule has 0 aliphatic carbocycles. The van der Waals surface area contributed by atoms with Gasteiger partial charge < -0.3 is 15.8 Å². The average Bonchev–Trinajstić information content (AvgIpc) is 2.21. The van der Waals surface area contributed by atoms with Crippen molar-refractivity contribution in [3.63, 3.8) is 0 Å². The molecule has 3 N–H and O–H groups in total. The molecule has 1 unspecified atom stereocenters. The second-order valence-electron chi connectivity index (χ2n) is 4.09. The number of aryl methyl sites for hydroxylation is 1. The normalized spacial score (nSPS) is 11.7. The summed E-state index contributed by atoms with van der Waals surface area (Å²) >= 11 is 0. The Kier molecular flexibility index (Phi) is 7.33. The summed E-state index contributed by atoms with van der Waals surface area (Å²) in [6.07, 6.45) is 0.166. The van der Waals surface area contributed by atoms with Gasteiger partial charge in [0.1, 0.15) is 5.75 Å². The lowest BCUT2D eigenvalue weighted by Crippen LogP contribution is -2.24. The fraction of sp³-hybridized carbons (Fsp3) is 0.417. The number of ether oxygens (including phenoxy) is 1. The molecule has 1 aromatic rings.